The lowest BCUT2D eigenvalue weighted by Gasteiger charge is -2.10. The maximum Gasteiger partial charge on any atom is 0.0819 e. The zero-order valence-corrected chi connectivity index (χ0v) is 9.46. The second-order valence-corrected chi connectivity index (χ2v) is 3.79. The van der Waals surface area contributed by atoms with Crippen molar-refractivity contribution >= 4 is 0 Å². The van der Waals surface area contributed by atoms with Crippen molar-refractivity contribution in [2.24, 2.45) is 7.05 Å². The molecule has 80 valence electrons. The Balaban J connectivity index is 2.79. The monoisotopic (exact) mass is 196 g/mol. The van der Waals surface area contributed by atoms with Crippen LogP contribution < -0.4 is 5.32 Å². The number of rotatable bonds is 4. The van der Waals surface area contributed by atoms with E-state index in [4.69, 9.17) is 0 Å². The van der Waals surface area contributed by atoms with Gasteiger partial charge in [-0.15, -0.1) is 0 Å². The van der Waals surface area contributed by atoms with Gasteiger partial charge in [-0.05, 0) is 39.9 Å². The van der Waals surface area contributed by atoms with Crippen molar-refractivity contribution < 1.29 is 5.11 Å². The van der Waals surface area contributed by atoms with Crippen molar-refractivity contribution in [2.75, 3.05) is 13.6 Å². The molecular formula is C11H20N2O. The number of nitrogens with one attached hydrogen (secondary N) is 1. The summed E-state index contributed by atoms with van der Waals surface area (Å²) in [5.74, 6) is 0. The van der Waals surface area contributed by atoms with Crippen LogP contribution in [0.25, 0.3) is 0 Å². The van der Waals surface area contributed by atoms with Gasteiger partial charge in [-0.1, -0.05) is 0 Å². The molecule has 2 N–H and O–H groups in total. The molecule has 0 aliphatic carbocycles. The number of aliphatic hydroxyl groups is 1. The highest BCUT2D eigenvalue weighted by molar-refractivity contribution is 5.28. The maximum atomic E-state index is 9.92. The van der Waals surface area contributed by atoms with Gasteiger partial charge in [-0.25, -0.2) is 0 Å². The fourth-order valence-corrected chi connectivity index (χ4v) is 1.66. The van der Waals surface area contributed by atoms with Crippen molar-refractivity contribution in [2.45, 2.75) is 26.4 Å². The van der Waals surface area contributed by atoms with Crippen LogP contribution in [0.4, 0.5) is 0 Å². The van der Waals surface area contributed by atoms with Gasteiger partial charge in [0.1, 0.15) is 0 Å². The molecule has 1 heterocycles. The standard InChI is InChI=1S/C11H20N2O/c1-8-7-10(9(2)13(8)4)11(14)5-6-12-3/h7,11-12,14H,5-6H2,1-4H3. The molecule has 0 saturated carbocycles. The van der Waals surface area contributed by atoms with E-state index in [9.17, 15) is 5.11 Å². The molecule has 3 heteroatoms. The zero-order valence-electron chi connectivity index (χ0n) is 9.46. The van der Waals surface area contributed by atoms with Crippen LogP contribution in [-0.2, 0) is 7.05 Å². The molecule has 0 spiro atoms. The van der Waals surface area contributed by atoms with Gasteiger partial charge in [0.15, 0.2) is 0 Å². The van der Waals surface area contributed by atoms with Gasteiger partial charge < -0.3 is 15.0 Å². The average molecular weight is 196 g/mol. The Kier molecular flexibility index (Phi) is 3.72. The van der Waals surface area contributed by atoms with E-state index in [1.165, 1.54) is 5.69 Å². The Morgan fingerprint density at radius 2 is 2.14 bits per heavy atom. The number of hydrogen-bond donors (Lipinski definition) is 2. The van der Waals surface area contributed by atoms with E-state index >= 15 is 0 Å². The van der Waals surface area contributed by atoms with E-state index in [1.807, 2.05) is 21.0 Å². The summed E-state index contributed by atoms with van der Waals surface area (Å²) in [7, 11) is 3.93. The highest BCUT2D eigenvalue weighted by Crippen LogP contribution is 2.22. The molecule has 0 saturated heterocycles. The highest BCUT2D eigenvalue weighted by Gasteiger charge is 2.13. The van der Waals surface area contributed by atoms with Crippen molar-refractivity contribution in [1.82, 2.24) is 9.88 Å². The lowest BCUT2D eigenvalue weighted by Crippen LogP contribution is -2.12. The lowest BCUT2D eigenvalue weighted by molar-refractivity contribution is 0.167. The average Bonchev–Trinajstić information content (AvgIpc) is 2.42. The van der Waals surface area contributed by atoms with Gasteiger partial charge in [0.25, 0.3) is 0 Å². The van der Waals surface area contributed by atoms with Gasteiger partial charge >= 0.3 is 0 Å². The van der Waals surface area contributed by atoms with Gasteiger partial charge in [0, 0.05) is 24.0 Å². The van der Waals surface area contributed by atoms with Crippen LogP contribution in [0.2, 0.25) is 0 Å². The minimum absolute atomic E-state index is 0.345. The highest BCUT2D eigenvalue weighted by atomic mass is 16.3. The Morgan fingerprint density at radius 3 is 2.57 bits per heavy atom. The summed E-state index contributed by atoms with van der Waals surface area (Å²) in [5.41, 5.74) is 3.41. The summed E-state index contributed by atoms with van der Waals surface area (Å²) in [5, 5.41) is 13.0. The second kappa shape index (κ2) is 4.62. The van der Waals surface area contributed by atoms with Crippen LogP contribution in [0.1, 0.15) is 29.5 Å². The number of aliphatic hydroxyl groups excluding tert-OH is 1. The molecule has 0 aromatic carbocycles. The van der Waals surface area contributed by atoms with Crippen LogP contribution in [0, 0.1) is 13.8 Å². The molecule has 1 atom stereocenters. The van der Waals surface area contributed by atoms with E-state index < -0.39 is 0 Å². The third-order valence-electron chi connectivity index (χ3n) is 2.84. The van der Waals surface area contributed by atoms with Gasteiger partial charge in [-0.2, -0.15) is 0 Å². The van der Waals surface area contributed by atoms with Crippen LogP contribution in [0.3, 0.4) is 0 Å². The number of aryl methyl sites for hydroxylation is 1. The summed E-state index contributed by atoms with van der Waals surface area (Å²) in [4.78, 5) is 0. The summed E-state index contributed by atoms with van der Waals surface area (Å²) >= 11 is 0. The molecule has 0 fully saturated rings. The third-order valence-corrected chi connectivity index (χ3v) is 2.84. The van der Waals surface area contributed by atoms with Crippen molar-refractivity contribution in [3.8, 4) is 0 Å². The maximum absolute atomic E-state index is 9.92. The van der Waals surface area contributed by atoms with Crippen LogP contribution >= 0.6 is 0 Å². The largest absolute Gasteiger partial charge is 0.388 e. The molecule has 1 aromatic heterocycles. The van der Waals surface area contributed by atoms with E-state index in [2.05, 4.69) is 22.9 Å². The molecule has 0 radical (unpaired) electrons. The summed E-state index contributed by atoms with van der Waals surface area (Å²) in [6.07, 6.45) is 0.420. The molecular weight excluding hydrogens is 176 g/mol. The van der Waals surface area contributed by atoms with E-state index in [1.54, 1.807) is 0 Å². The van der Waals surface area contributed by atoms with Crippen LogP contribution in [-0.4, -0.2) is 23.3 Å². The minimum atomic E-state index is -0.345. The normalized spacial score (nSPS) is 13.2. The van der Waals surface area contributed by atoms with Crippen molar-refractivity contribution in [3.63, 3.8) is 0 Å². The Hall–Kier alpha value is -0.800. The molecule has 14 heavy (non-hydrogen) atoms. The fourth-order valence-electron chi connectivity index (χ4n) is 1.66. The van der Waals surface area contributed by atoms with E-state index in [0.29, 0.717) is 0 Å². The van der Waals surface area contributed by atoms with Crippen molar-refractivity contribution in [1.29, 1.82) is 0 Å². The Morgan fingerprint density at radius 1 is 1.50 bits per heavy atom. The molecule has 1 rings (SSSR count). The molecule has 3 nitrogen and oxygen atoms in total. The number of nitrogens with zero attached hydrogens (tertiary/aromatic N) is 1. The quantitative estimate of drug-likeness (QED) is 0.761. The van der Waals surface area contributed by atoms with Gasteiger partial charge in [0.05, 0.1) is 6.10 Å². The van der Waals surface area contributed by atoms with E-state index in [-0.39, 0.29) is 6.10 Å². The summed E-state index contributed by atoms with van der Waals surface area (Å²) < 4.78 is 2.11. The second-order valence-electron chi connectivity index (χ2n) is 3.79. The smallest absolute Gasteiger partial charge is 0.0819 e. The third kappa shape index (κ3) is 2.16. The molecule has 1 unspecified atom stereocenters. The zero-order chi connectivity index (χ0) is 10.7. The van der Waals surface area contributed by atoms with Crippen LogP contribution in [0.5, 0.6) is 0 Å². The number of hydrogen-bond acceptors (Lipinski definition) is 2. The predicted octanol–water partition coefficient (Wildman–Crippen LogP) is 1.28. The SMILES string of the molecule is CNCCC(O)c1cc(C)n(C)c1C. The molecule has 0 amide bonds. The first-order valence-corrected chi connectivity index (χ1v) is 5.03. The Bertz CT molecular complexity index is 304. The van der Waals surface area contributed by atoms with Gasteiger partial charge in [0.2, 0.25) is 0 Å². The first-order chi connectivity index (χ1) is 6.57. The lowest BCUT2D eigenvalue weighted by atomic mass is 10.1. The number of aromatic nitrogens is 1. The first-order valence-electron chi connectivity index (χ1n) is 5.03. The van der Waals surface area contributed by atoms with Crippen LogP contribution in [0.15, 0.2) is 6.07 Å². The van der Waals surface area contributed by atoms with Crippen molar-refractivity contribution in [3.05, 3.63) is 23.0 Å². The summed E-state index contributed by atoms with van der Waals surface area (Å²) in [6, 6.07) is 2.07. The molecule has 0 aliphatic heterocycles. The Labute approximate surface area is 85.7 Å². The first kappa shape index (κ1) is 11.3. The van der Waals surface area contributed by atoms with E-state index in [0.717, 1.165) is 24.2 Å². The molecule has 0 aliphatic rings. The van der Waals surface area contributed by atoms with Gasteiger partial charge in [-0.3, -0.25) is 0 Å². The molecule has 1 aromatic rings. The topological polar surface area (TPSA) is 37.2 Å². The predicted molar refractivity (Wildman–Crippen MR) is 58.4 cm³/mol. The fraction of sp³-hybridized carbons (Fsp3) is 0.636. The minimum Gasteiger partial charge on any atom is -0.388 e. The summed E-state index contributed by atoms with van der Waals surface area (Å²) in [6.45, 7) is 4.95. The molecule has 0 bridgehead atoms.